The lowest BCUT2D eigenvalue weighted by Gasteiger charge is -2.11. The third kappa shape index (κ3) is 7.73. The highest BCUT2D eigenvalue weighted by Gasteiger charge is 2.08. The highest BCUT2D eigenvalue weighted by Crippen LogP contribution is 2.22. The first-order valence-corrected chi connectivity index (χ1v) is 11.9. The number of aromatic hydroxyl groups is 1. The van der Waals surface area contributed by atoms with Crippen molar-refractivity contribution < 1.29 is 14.6 Å². The zero-order valence-corrected chi connectivity index (χ0v) is 19.5. The molecule has 3 N–H and O–H groups in total. The maximum Gasteiger partial charge on any atom is 0.328 e. The van der Waals surface area contributed by atoms with Crippen LogP contribution in [0.4, 0.5) is 11.4 Å². The molecule has 9 nitrogen and oxygen atoms in total. The monoisotopic (exact) mass is 482 g/mol. The lowest BCUT2D eigenvalue weighted by molar-refractivity contribution is -0.143. The minimum Gasteiger partial charge on any atom is -0.493 e. The van der Waals surface area contributed by atoms with Crippen LogP contribution >= 0.6 is 11.8 Å². The van der Waals surface area contributed by atoms with Crippen molar-refractivity contribution in [3.8, 4) is 5.88 Å². The molecule has 1 atom stereocenters. The fourth-order valence-electron chi connectivity index (χ4n) is 3.05. The van der Waals surface area contributed by atoms with Gasteiger partial charge in [0, 0.05) is 12.2 Å². The Morgan fingerprint density at radius 3 is 2.50 bits per heavy atom. The number of hydrogen-bond acceptors (Lipinski definition) is 8. The number of nitrogens with zero attached hydrogens (tertiary/aromatic N) is 2. The van der Waals surface area contributed by atoms with Crippen LogP contribution in [0.5, 0.6) is 5.88 Å². The van der Waals surface area contributed by atoms with E-state index in [1.807, 2.05) is 28.2 Å². The normalized spacial score (nSPS) is 12.0. The van der Waals surface area contributed by atoms with Gasteiger partial charge >= 0.3 is 11.7 Å². The number of aromatic amines is 2. The number of azo groups is 1. The van der Waals surface area contributed by atoms with Gasteiger partial charge in [-0.05, 0) is 34.9 Å². The first-order valence-electron chi connectivity index (χ1n) is 10.8. The van der Waals surface area contributed by atoms with Gasteiger partial charge in [-0.25, -0.2) is 4.79 Å². The third-order valence-electron chi connectivity index (χ3n) is 4.94. The minimum atomic E-state index is -0.840. The molecule has 0 radical (unpaired) electrons. The molecule has 1 aromatic heterocycles. The molecule has 0 aliphatic heterocycles. The quantitative estimate of drug-likeness (QED) is 0.213. The maximum absolute atomic E-state index is 12.0. The van der Waals surface area contributed by atoms with Gasteiger partial charge < -0.3 is 9.84 Å². The fraction of sp³-hybridized carbons (Fsp3) is 0.292. The van der Waals surface area contributed by atoms with Gasteiger partial charge in [-0.1, -0.05) is 49.4 Å². The molecule has 0 bridgehead atoms. The first kappa shape index (κ1) is 25.0. The third-order valence-corrected chi connectivity index (χ3v) is 6.17. The number of thioether (sulfide) groups is 1. The molecule has 3 rings (SSSR count). The van der Waals surface area contributed by atoms with Crippen molar-refractivity contribution in [1.29, 1.82) is 0 Å². The molecule has 1 unspecified atom stereocenters. The molecule has 2 aromatic carbocycles. The molecule has 0 spiro atoms. The van der Waals surface area contributed by atoms with E-state index in [1.165, 1.54) is 5.56 Å². The van der Waals surface area contributed by atoms with E-state index in [0.717, 1.165) is 17.1 Å². The van der Waals surface area contributed by atoms with E-state index >= 15 is 0 Å². The Labute approximate surface area is 200 Å². The second-order valence-electron chi connectivity index (χ2n) is 7.58. The van der Waals surface area contributed by atoms with Crippen LogP contribution in [-0.2, 0) is 16.0 Å². The fourth-order valence-corrected chi connectivity index (χ4v) is 4.07. The summed E-state index contributed by atoms with van der Waals surface area (Å²) in [5.74, 6) is 1.25. The van der Waals surface area contributed by atoms with Crippen molar-refractivity contribution in [2.45, 2.75) is 25.7 Å². The van der Waals surface area contributed by atoms with Gasteiger partial charge in [0.15, 0.2) is 0 Å². The summed E-state index contributed by atoms with van der Waals surface area (Å²) >= 11 is 1.75. The smallest absolute Gasteiger partial charge is 0.328 e. The maximum atomic E-state index is 12.0. The van der Waals surface area contributed by atoms with Crippen molar-refractivity contribution in [2.75, 3.05) is 18.1 Å². The van der Waals surface area contributed by atoms with Crippen molar-refractivity contribution in [3.05, 3.63) is 86.6 Å². The number of benzene rings is 2. The first-order chi connectivity index (χ1) is 16.4. The van der Waals surface area contributed by atoms with Crippen LogP contribution in [-0.4, -0.2) is 39.2 Å². The molecule has 0 aliphatic rings. The average molecular weight is 483 g/mol. The van der Waals surface area contributed by atoms with E-state index in [4.69, 9.17) is 4.74 Å². The molecule has 0 saturated heterocycles. The van der Waals surface area contributed by atoms with E-state index < -0.39 is 17.1 Å². The number of carbonyl (C=O) groups is 1. The van der Waals surface area contributed by atoms with Gasteiger partial charge in [0.25, 0.3) is 5.56 Å². The van der Waals surface area contributed by atoms with Crippen LogP contribution in [0.25, 0.3) is 0 Å². The Bertz CT molecular complexity index is 1220. The number of hydrogen-bond donors (Lipinski definition) is 3. The summed E-state index contributed by atoms with van der Waals surface area (Å²) in [7, 11) is 0. The lowest BCUT2D eigenvalue weighted by atomic mass is 10.0. The van der Waals surface area contributed by atoms with Crippen LogP contribution in [0.2, 0.25) is 0 Å². The largest absolute Gasteiger partial charge is 0.493 e. The van der Waals surface area contributed by atoms with Gasteiger partial charge in [-0.2, -0.15) is 16.9 Å². The molecular weight excluding hydrogens is 456 g/mol. The Balaban J connectivity index is 1.36. The van der Waals surface area contributed by atoms with Crippen molar-refractivity contribution >= 4 is 29.1 Å². The number of H-pyrrole nitrogens is 2. The Kier molecular flexibility index (Phi) is 9.21. The molecule has 0 aliphatic carbocycles. The van der Waals surface area contributed by atoms with E-state index in [0.29, 0.717) is 24.4 Å². The van der Waals surface area contributed by atoms with Crippen LogP contribution in [0.15, 0.2) is 74.4 Å². The summed E-state index contributed by atoms with van der Waals surface area (Å²) in [6.07, 6.45) is 0.934. The highest BCUT2D eigenvalue weighted by atomic mass is 32.2. The second-order valence-corrected chi connectivity index (χ2v) is 8.73. The van der Waals surface area contributed by atoms with E-state index in [9.17, 15) is 19.5 Å². The molecular formula is C24H26N4O5S. The summed E-state index contributed by atoms with van der Waals surface area (Å²) in [6, 6.07) is 17.3. The standard InChI is InChI=1S/C24H26N4O5S/c1-16(18-5-3-2-4-6-18)15-34-14-12-20(29)33-13-11-17-7-9-19(10-8-17)27-28-21-22(30)25-24(32)26-23(21)31/h2-10,16H,11-15H2,1H3,(H3,25,26,30,31,32). The van der Waals surface area contributed by atoms with Gasteiger partial charge in [0.2, 0.25) is 11.6 Å². The number of ether oxygens (including phenoxy) is 1. The molecule has 178 valence electrons. The second kappa shape index (κ2) is 12.5. The lowest BCUT2D eigenvalue weighted by Crippen LogP contribution is -2.20. The van der Waals surface area contributed by atoms with Gasteiger partial charge in [0.05, 0.1) is 18.7 Å². The van der Waals surface area contributed by atoms with Crippen LogP contribution in [0.1, 0.15) is 30.4 Å². The molecule has 10 heteroatoms. The van der Waals surface area contributed by atoms with Crippen molar-refractivity contribution in [2.24, 2.45) is 10.2 Å². The molecule has 0 saturated carbocycles. The zero-order chi connectivity index (χ0) is 24.3. The summed E-state index contributed by atoms with van der Waals surface area (Å²) < 4.78 is 5.32. The Morgan fingerprint density at radius 2 is 1.79 bits per heavy atom. The van der Waals surface area contributed by atoms with E-state index in [-0.39, 0.29) is 18.3 Å². The average Bonchev–Trinajstić information content (AvgIpc) is 2.82. The van der Waals surface area contributed by atoms with Crippen LogP contribution < -0.4 is 11.2 Å². The van der Waals surface area contributed by atoms with Gasteiger partial charge in [-0.3, -0.25) is 19.6 Å². The Morgan fingerprint density at radius 1 is 1.06 bits per heavy atom. The minimum absolute atomic E-state index is 0.212. The number of nitrogens with one attached hydrogen (secondary N) is 2. The predicted molar refractivity (Wildman–Crippen MR) is 131 cm³/mol. The number of esters is 1. The summed E-state index contributed by atoms with van der Waals surface area (Å²) in [4.78, 5) is 38.7. The zero-order valence-electron chi connectivity index (χ0n) is 18.7. The number of aromatic nitrogens is 2. The molecule has 3 aromatic rings. The van der Waals surface area contributed by atoms with Crippen molar-refractivity contribution in [3.63, 3.8) is 0 Å². The van der Waals surface area contributed by atoms with E-state index in [1.54, 1.807) is 36.0 Å². The Hall–Kier alpha value is -3.66. The van der Waals surface area contributed by atoms with Crippen LogP contribution in [0.3, 0.4) is 0 Å². The molecule has 34 heavy (non-hydrogen) atoms. The number of carbonyl (C=O) groups excluding carboxylic acids is 1. The molecule has 0 fully saturated rings. The summed E-state index contributed by atoms with van der Waals surface area (Å²) in [6.45, 7) is 2.46. The molecule has 0 amide bonds. The summed E-state index contributed by atoms with van der Waals surface area (Å²) in [5, 5.41) is 17.2. The van der Waals surface area contributed by atoms with Gasteiger partial charge in [0.1, 0.15) is 0 Å². The van der Waals surface area contributed by atoms with Gasteiger partial charge in [-0.15, -0.1) is 5.11 Å². The topological polar surface area (TPSA) is 137 Å². The number of rotatable bonds is 11. The van der Waals surface area contributed by atoms with Crippen molar-refractivity contribution in [1.82, 2.24) is 9.97 Å². The molecule has 1 heterocycles. The summed E-state index contributed by atoms with van der Waals surface area (Å²) in [5.41, 5.74) is 0.641. The predicted octanol–water partition coefficient (Wildman–Crippen LogP) is 4.20. The highest BCUT2D eigenvalue weighted by molar-refractivity contribution is 7.99. The van der Waals surface area contributed by atoms with Crippen LogP contribution in [0, 0.1) is 0 Å². The SMILES string of the molecule is CC(CSCCC(=O)OCCc1ccc(N=Nc2c(O)[nH]c(=O)[nH]c2=O)cc1)c1ccccc1. The van der Waals surface area contributed by atoms with E-state index in [2.05, 4.69) is 29.3 Å².